The third kappa shape index (κ3) is 1.53. The Morgan fingerprint density at radius 2 is 2.46 bits per heavy atom. The van der Waals surface area contributed by atoms with Crippen LogP contribution in [0.3, 0.4) is 0 Å². The fraction of sp³-hybridized carbons (Fsp3) is 0.545. The van der Waals surface area contributed by atoms with Crippen molar-refractivity contribution >= 4 is 5.78 Å². The van der Waals surface area contributed by atoms with Crippen LogP contribution in [0.4, 0.5) is 0 Å². The average molecular weight is 178 g/mol. The summed E-state index contributed by atoms with van der Waals surface area (Å²) in [6.07, 6.45) is 6.65. The Morgan fingerprint density at radius 3 is 3.23 bits per heavy atom. The van der Waals surface area contributed by atoms with Gasteiger partial charge in [-0.1, -0.05) is 13.0 Å². The van der Waals surface area contributed by atoms with Crippen LogP contribution in [0.5, 0.6) is 0 Å². The monoisotopic (exact) mass is 178 g/mol. The first-order valence-corrected chi connectivity index (χ1v) is 4.88. The molecule has 0 N–H and O–H groups in total. The molecule has 0 fully saturated rings. The van der Waals surface area contributed by atoms with Crippen LogP contribution in [0.2, 0.25) is 0 Å². The summed E-state index contributed by atoms with van der Waals surface area (Å²) < 4.78 is 5.42. The Labute approximate surface area is 78.3 Å². The smallest absolute Gasteiger partial charge is 0.165 e. The van der Waals surface area contributed by atoms with Gasteiger partial charge >= 0.3 is 0 Å². The van der Waals surface area contributed by atoms with Gasteiger partial charge < -0.3 is 4.74 Å². The standard InChI is InChI=1S/C11H14O2/c1-2-8-3-4-11-9(7-8)10(12)5-6-13-11/h3-4,8H,2,5-7H2,1H3. The SMILES string of the molecule is CCC1C=CC2=C(C1)C(=O)CCO2. The van der Waals surface area contributed by atoms with Crippen LogP contribution in [-0.2, 0) is 9.53 Å². The molecule has 1 aliphatic heterocycles. The van der Waals surface area contributed by atoms with Crippen molar-refractivity contribution in [3.63, 3.8) is 0 Å². The summed E-state index contributed by atoms with van der Waals surface area (Å²) in [5, 5.41) is 0. The van der Waals surface area contributed by atoms with E-state index in [0.717, 1.165) is 24.2 Å². The molecule has 2 nitrogen and oxygen atoms in total. The van der Waals surface area contributed by atoms with Crippen LogP contribution in [-0.4, -0.2) is 12.4 Å². The highest BCUT2D eigenvalue weighted by atomic mass is 16.5. The van der Waals surface area contributed by atoms with Crippen molar-refractivity contribution in [3.05, 3.63) is 23.5 Å². The first kappa shape index (κ1) is 8.54. The van der Waals surface area contributed by atoms with Crippen molar-refractivity contribution in [1.29, 1.82) is 0 Å². The lowest BCUT2D eigenvalue weighted by Gasteiger charge is -2.24. The number of carbonyl (C=O) groups excluding carboxylic acids is 1. The summed E-state index contributed by atoms with van der Waals surface area (Å²) in [5.41, 5.74) is 0.917. The van der Waals surface area contributed by atoms with Gasteiger partial charge in [-0.05, 0) is 24.8 Å². The van der Waals surface area contributed by atoms with Gasteiger partial charge in [0, 0.05) is 12.0 Å². The highest BCUT2D eigenvalue weighted by Crippen LogP contribution is 2.30. The van der Waals surface area contributed by atoms with E-state index < -0.39 is 0 Å². The largest absolute Gasteiger partial charge is 0.493 e. The Bertz CT molecular complexity index is 286. The normalized spacial score (nSPS) is 27.2. The van der Waals surface area contributed by atoms with Crippen LogP contribution < -0.4 is 0 Å². The van der Waals surface area contributed by atoms with E-state index in [9.17, 15) is 4.79 Å². The molecule has 0 radical (unpaired) electrons. The highest BCUT2D eigenvalue weighted by molar-refractivity contribution is 5.97. The molecule has 70 valence electrons. The summed E-state index contributed by atoms with van der Waals surface area (Å²) in [7, 11) is 0. The second-order valence-corrected chi connectivity index (χ2v) is 3.60. The maximum atomic E-state index is 11.5. The van der Waals surface area contributed by atoms with Crippen molar-refractivity contribution in [2.75, 3.05) is 6.61 Å². The van der Waals surface area contributed by atoms with Crippen LogP contribution in [0, 0.1) is 5.92 Å². The third-order valence-electron chi connectivity index (χ3n) is 2.73. The first-order valence-electron chi connectivity index (χ1n) is 4.88. The third-order valence-corrected chi connectivity index (χ3v) is 2.73. The molecular weight excluding hydrogens is 164 g/mol. The highest BCUT2D eigenvalue weighted by Gasteiger charge is 2.24. The molecule has 0 spiro atoms. The number of Topliss-reactive ketones (excluding diaryl/α,β-unsaturated/α-hetero) is 1. The van der Waals surface area contributed by atoms with Gasteiger partial charge in [0.05, 0.1) is 6.61 Å². The lowest BCUT2D eigenvalue weighted by Crippen LogP contribution is -2.20. The molecule has 0 saturated carbocycles. The van der Waals surface area contributed by atoms with E-state index in [0.29, 0.717) is 18.9 Å². The minimum Gasteiger partial charge on any atom is -0.493 e. The molecule has 2 heteroatoms. The minimum absolute atomic E-state index is 0.282. The molecule has 0 aromatic rings. The van der Waals surface area contributed by atoms with E-state index in [1.54, 1.807) is 0 Å². The van der Waals surface area contributed by atoms with Crippen LogP contribution in [0.1, 0.15) is 26.2 Å². The van der Waals surface area contributed by atoms with E-state index in [1.807, 2.05) is 6.08 Å². The van der Waals surface area contributed by atoms with Gasteiger partial charge in [-0.2, -0.15) is 0 Å². The zero-order valence-corrected chi connectivity index (χ0v) is 7.88. The quantitative estimate of drug-likeness (QED) is 0.615. The fourth-order valence-electron chi connectivity index (χ4n) is 1.83. The summed E-state index contributed by atoms with van der Waals surface area (Å²) >= 11 is 0. The predicted molar refractivity (Wildman–Crippen MR) is 50.1 cm³/mol. The maximum absolute atomic E-state index is 11.5. The Morgan fingerprint density at radius 1 is 1.62 bits per heavy atom. The van der Waals surface area contributed by atoms with Gasteiger partial charge in [0.25, 0.3) is 0 Å². The predicted octanol–water partition coefficient (Wildman–Crippen LogP) is 2.22. The maximum Gasteiger partial charge on any atom is 0.165 e. The van der Waals surface area contributed by atoms with Crippen molar-refractivity contribution in [2.45, 2.75) is 26.2 Å². The van der Waals surface area contributed by atoms with E-state index in [-0.39, 0.29) is 5.78 Å². The van der Waals surface area contributed by atoms with Crippen molar-refractivity contribution in [1.82, 2.24) is 0 Å². The number of allylic oxidation sites excluding steroid dienone is 3. The zero-order chi connectivity index (χ0) is 9.26. The number of ketones is 1. The summed E-state index contributed by atoms with van der Waals surface area (Å²) in [4.78, 5) is 11.5. The van der Waals surface area contributed by atoms with E-state index >= 15 is 0 Å². The summed E-state index contributed by atoms with van der Waals surface area (Å²) in [5.74, 6) is 1.63. The molecule has 13 heavy (non-hydrogen) atoms. The molecule has 1 aliphatic carbocycles. The molecule has 1 heterocycles. The molecule has 0 aromatic carbocycles. The second-order valence-electron chi connectivity index (χ2n) is 3.60. The Balaban J connectivity index is 2.24. The molecule has 2 aliphatic rings. The first-order chi connectivity index (χ1) is 6.31. The summed E-state index contributed by atoms with van der Waals surface area (Å²) in [6.45, 7) is 2.70. The number of rotatable bonds is 1. The average Bonchev–Trinajstić information content (AvgIpc) is 2.18. The molecule has 0 saturated heterocycles. The van der Waals surface area contributed by atoms with Gasteiger partial charge in [0.1, 0.15) is 5.76 Å². The zero-order valence-electron chi connectivity index (χ0n) is 7.88. The number of hydrogen-bond acceptors (Lipinski definition) is 2. The van der Waals surface area contributed by atoms with Crippen LogP contribution >= 0.6 is 0 Å². The molecule has 1 atom stereocenters. The van der Waals surface area contributed by atoms with Gasteiger partial charge in [-0.3, -0.25) is 4.79 Å². The van der Waals surface area contributed by atoms with E-state index in [1.165, 1.54) is 0 Å². The molecule has 0 aromatic heterocycles. The molecular formula is C11H14O2. The lowest BCUT2D eigenvalue weighted by atomic mass is 9.87. The van der Waals surface area contributed by atoms with Gasteiger partial charge in [-0.25, -0.2) is 0 Å². The van der Waals surface area contributed by atoms with Crippen LogP contribution in [0.15, 0.2) is 23.5 Å². The molecule has 2 rings (SSSR count). The molecule has 0 bridgehead atoms. The fourth-order valence-corrected chi connectivity index (χ4v) is 1.83. The van der Waals surface area contributed by atoms with Crippen molar-refractivity contribution in [2.24, 2.45) is 5.92 Å². The number of carbonyl (C=O) groups is 1. The number of ether oxygens (including phenoxy) is 1. The van der Waals surface area contributed by atoms with Gasteiger partial charge in [0.2, 0.25) is 0 Å². The van der Waals surface area contributed by atoms with Gasteiger partial charge in [0.15, 0.2) is 5.78 Å². The van der Waals surface area contributed by atoms with E-state index in [2.05, 4.69) is 13.0 Å². The topological polar surface area (TPSA) is 26.3 Å². The van der Waals surface area contributed by atoms with Crippen molar-refractivity contribution < 1.29 is 9.53 Å². The molecule has 0 amide bonds. The van der Waals surface area contributed by atoms with Crippen LogP contribution in [0.25, 0.3) is 0 Å². The van der Waals surface area contributed by atoms with Crippen molar-refractivity contribution in [3.8, 4) is 0 Å². The van der Waals surface area contributed by atoms with Gasteiger partial charge in [-0.15, -0.1) is 0 Å². The van der Waals surface area contributed by atoms with E-state index in [4.69, 9.17) is 4.74 Å². The Kier molecular flexibility index (Phi) is 2.21. The minimum atomic E-state index is 0.282. The summed E-state index contributed by atoms with van der Waals surface area (Å²) in [6, 6.07) is 0. The Hall–Kier alpha value is -1.05. The lowest BCUT2D eigenvalue weighted by molar-refractivity contribution is -0.118. The molecule has 1 unspecified atom stereocenters. The number of hydrogen-bond donors (Lipinski definition) is 0. The second kappa shape index (κ2) is 3.36.